The second kappa shape index (κ2) is 13.6. The first-order valence-electron chi connectivity index (χ1n) is 16.9. The van der Waals surface area contributed by atoms with E-state index < -0.39 is 67.2 Å². The molecule has 1 spiro atoms. The molecule has 1 saturated heterocycles. The minimum atomic E-state index is -1.85. The molecular formula is C36H37NO15. The van der Waals surface area contributed by atoms with Gasteiger partial charge in [-0.05, 0) is 48.7 Å². The summed E-state index contributed by atoms with van der Waals surface area (Å²) in [4.78, 5) is 35.2. The summed E-state index contributed by atoms with van der Waals surface area (Å²) in [6.45, 7) is -0.0683. The number of hydrogen-bond donors (Lipinski definition) is 5. The number of esters is 1. The molecule has 0 amide bonds. The van der Waals surface area contributed by atoms with Crippen LogP contribution in [0.25, 0.3) is 0 Å². The fraction of sp³-hybridized carbons (Fsp3) is 0.444. The molecule has 6 N–H and O–H groups in total. The summed E-state index contributed by atoms with van der Waals surface area (Å²) >= 11 is 0. The van der Waals surface area contributed by atoms with Gasteiger partial charge in [-0.1, -0.05) is 12.1 Å². The van der Waals surface area contributed by atoms with Gasteiger partial charge in [-0.3, -0.25) is 9.59 Å². The fourth-order valence-electron chi connectivity index (χ4n) is 7.59. The van der Waals surface area contributed by atoms with Gasteiger partial charge in [-0.25, -0.2) is 0 Å². The van der Waals surface area contributed by atoms with Crippen LogP contribution in [0.15, 0.2) is 48.5 Å². The van der Waals surface area contributed by atoms with Crippen molar-refractivity contribution < 1.29 is 72.9 Å². The quantitative estimate of drug-likeness (QED) is 0.128. The molecule has 0 saturated carbocycles. The van der Waals surface area contributed by atoms with Gasteiger partial charge in [0, 0.05) is 35.2 Å². The predicted octanol–water partition coefficient (Wildman–Crippen LogP) is 2.15. The standard InChI is InChI=1S/C36H37NO15/c37-6-7-44-35-36(34(43)32(42)29(50-35)15-46-31(41)13-30(39)40)5-4-19(17-2-1-3-18(38)8-17)20-9-24-22(11-26(20)51-52-36)33-23(14-45-24)21-10-27-28(48-16-47-27)12-25(21)49-33/h1-3,8-12,19,23,29,32-35,38,42-43H,4-7,13-16,37H2,(H,39,40)/t19-,23-,29-,32-,33+,34+,35-,36+/m1/s1. The van der Waals surface area contributed by atoms with Crippen molar-refractivity contribution in [3.63, 3.8) is 0 Å². The zero-order valence-corrected chi connectivity index (χ0v) is 27.7. The molecule has 5 aliphatic rings. The largest absolute Gasteiger partial charge is 0.508 e. The van der Waals surface area contributed by atoms with E-state index in [0.717, 1.165) is 11.1 Å². The number of carboxylic acid groups (broad SMARTS) is 1. The average molecular weight is 724 g/mol. The minimum Gasteiger partial charge on any atom is -0.508 e. The third-order valence-corrected chi connectivity index (χ3v) is 10.1. The molecule has 0 bridgehead atoms. The molecule has 276 valence electrons. The summed E-state index contributed by atoms with van der Waals surface area (Å²) in [7, 11) is 0. The number of benzene rings is 3. The first-order valence-corrected chi connectivity index (χ1v) is 16.9. The highest BCUT2D eigenvalue weighted by molar-refractivity contribution is 5.90. The maximum Gasteiger partial charge on any atom is 0.317 e. The maximum atomic E-state index is 12.0. The third kappa shape index (κ3) is 6.00. The SMILES string of the molecule is NCCO[C@@H]1O[C@H](COC(=O)CC(=O)O)[C@@H](O)[C@H](O)[C@@]12CC[C@H](c1cccc(O)c1)c1cc3c(cc1OO2)[C@@H]1Oc2cc4c(cc2[C@H]1CO3)OCO4. The van der Waals surface area contributed by atoms with Crippen LogP contribution in [0.2, 0.25) is 0 Å². The van der Waals surface area contributed by atoms with Gasteiger partial charge in [0.2, 0.25) is 6.79 Å². The van der Waals surface area contributed by atoms with Crippen LogP contribution in [0.4, 0.5) is 0 Å². The highest BCUT2D eigenvalue weighted by Crippen LogP contribution is 2.56. The van der Waals surface area contributed by atoms with Crippen molar-refractivity contribution >= 4 is 11.9 Å². The Labute approximate surface area is 296 Å². The Bertz CT molecular complexity index is 1870. The molecule has 16 heteroatoms. The zero-order chi connectivity index (χ0) is 36.1. The van der Waals surface area contributed by atoms with Crippen LogP contribution in [-0.2, 0) is 28.7 Å². The Morgan fingerprint density at radius 3 is 2.52 bits per heavy atom. The lowest BCUT2D eigenvalue weighted by atomic mass is 9.77. The fourth-order valence-corrected chi connectivity index (χ4v) is 7.59. The Morgan fingerprint density at radius 1 is 0.942 bits per heavy atom. The van der Waals surface area contributed by atoms with E-state index in [4.69, 9.17) is 53.8 Å². The van der Waals surface area contributed by atoms with E-state index in [1.165, 1.54) is 0 Å². The van der Waals surface area contributed by atoms with Gasteiger partial charge in [0.15, 0.2) is 29.1 Å². The van der Waals surface area contributed by atoms with E-state index in [9.17, 15) is 24.9 Å². The normalized spacial score (nSPS) is 29.6. The minimum absolute atomic E-state index is 0.00161. The lowest BCUT2D eigenvalue weighted by Crippen LogP contribution is -2.69. The monoisotopic (exact) mass is 723 g/mol. The molecule has 0 unspecified atom stereocenters. The zero-order valence-electron chi connectivity index (χ0n) is 27.7. The van der Waals surface area contributed by atoms with E-state index in [1.807, 2.05) is 24.3 Å². The van der Waals surface area contributed by atoms with Crippen molar-refractivity contribution in [1.29, 1.82) is 0 Å². The Balaban J connectivity index is 1.15. The van der Waals surface area contributed by atoms with Gasteiger partial charge in [0.25, 0.3) is 0 Å². The number of carbonyl (C=O) groups is 2. The van der Waals surface area contributed by atoms with E-state index >= 15 is 0 Å². The molecule has 16 nitrogen and oxygen atoms in total. The number of phenols is 1. The highest BCUT2D eigenvalue weighted by Gasteiger charge is 2.60. The van der Waals surface area contributed by atoms with Crippen molar-refractivity contribution in [2.24, 2.45) is 5.73 Å². The van der Waals surface area contributed by atoms with Gasteiger partial charge < -0.3 is 64.2 Å². The van der Waals surface area contributed by atoms with Gasteiger partial charge in [-0.15, -0.1) is 0 Å². The van der Waals surface area contributed by atoms with Crippen LogP contribution >= 0.6 is 0 Å². The molecule has 3 aromatic carbocycles. The van der Waals surface area contributed by atoms with Crippen molar-refractivity contribution in [3.05, 3.63) is 70.8 Å². The van der Waals surface area contributed by atoms with E-state index in [0.29, 0.717) is 40.7 Å². The van der Waals surface area contributed by atoms with Crippen molar-refractivity contribution in [1.82, 2.24) is 0 Å². The van der Waals surface area contributed by atoms with Gasteiger partial charge in [-0.2, -0.15) is 4.89 Å². The molecule has 52 heavy (non-hydrogen) atoms. The molecule has 5 heterocycles. The molecule has 0 radical (unpaired) electrons. The molecule has 8 rings (SSSR count). The lowest BCUT2D eigenvalue weighted by molar-refractivity contribution is -0.422. The number of fused-ring (bicyclic) bond motifs is 7. The van der Waals surface area contributed by atoms with Crippen LogP contribution in [-0.4, -0.2) is 95.7 Å². The highest BCUT2D eigenvalue weighted by atomic mass is 17.2. The molecular weight excluding hydrogens is 686 g/mol. The number of carbonyl (C=O) groups excluding carboxylic acids is 1. The van der Waals surface area contributed by atoms with Gasteiger partial charge >= 0.3 is 11.9 Å². The molecule has 0 aliphatic carbocycles. The number of aliphatic carboxylic acids is 1. The molecule has 1 fully saturated rings. The second-order valence-corrected chi connectivity index (χ2v) is 13.3. The van der Waals surface area contributed by atoms with Crippen molar-refractivity contribution in [2.45, 2.75) is 67.4 Å². The smallest absolute Gasteiger partial charge is 0.317 e. The Kier molecular flexibility index (Phi) is 8.97. The lowest BCUT2D eigenvalue weighted by Gasteiger charge is -2.50. The maximum absolute atomic E-state index is 12.0. The summed E-state index contributed by atoms with van der Waals surface area (Å²) in [5, 5.41) is 42.5. The summed E-state index contributed by atoms with van der Waals surface area (Å²) in [6.07, 6.45) is -7.19. The number of hydrogen-bond acceptors (Lipinski definition) is 15. The van der Waals surface area contributed by atoms with Crippen LogP contribution in [0, 0.1) is 0 Å². The van der Waals surface area contributed by atoms with Crippen molar-refractivity contribution in [3.8, 4) is 34.5 Å². The average Bonchev–Trinajstić information content (AvgIpc) is 3.73. The number of ether oxygens (including phenoxy) is 7. The van der Waals surface area contributed by atoms with E-state index in [2.05, 4.69) is 0 Å². The first kappa shape index (κ1) is 34.3. The summed E-state index contributed by atoms with van der Waals surface area (Å²) in [5.41, 5.74) is 6.90. The van der Waals surface area contributed by atoms with E-state index in [1.54, 1.807) is 24.3 Å². The summed E-state index contributed by atoms with van der Waals surface area (Å²) in [5.74, 6) is -0.312. The second-order valence-electron chi connectivity index (χ2n) is 13.3. The van der Waals surface area contributed by atoms with Gasteiger partial charge in [0.05, 0.1) is 19.1 Å². The number of nitrogens with two attached hydrogens (primary N) is 1. The number of aliphatic hydroxyl groups is 2. The Morgan fingerprint density at radius 2 is 1.73 bits per heavy atom. The molecule has 0 aromatic heterocycles. The topological polar surface area (TPSA) is 224 Å². The van der Waals surface area contributed by atoms with Crippen LogP contribution in [0.5, 0.6) is 34.5 Å². The van der Waals surface area contributed by atoms with Crippen molar-refractivity contribution in [2.75, 3.05) is 33.2 Å². The van der Waals surface area contributed by atoms with Crippen LogP contribution < -0.4 is 29.6 Å². The number of rotatable bonds is 8. The molecule has 8 atom stereocenters. The number of phenolic OH excluding ortho intramolecular Hbond substituents is 1. The number of aliphatic hydroxyl groups excluding tert-OH is 2. The van der Waals surface area contributed by atoms with Crippen LogP contribution in [0.3, 0.4) is 0 Å². The number of aromatic hydroxyl groups is 1. The third-order valence-electron chi connectivity index (χ3n) is 10.1. The number of carboxylic acids is 1. The summed E-state index contributed by atoms with van der Waals surface area (Å²) in [6, 6.07) is 14.1. The van der Waals surface area contributed by atoms with E-state index in [-0.39, 0.29) is 50.2 Å². The van der Waals surface area contributed by atoms with Gasteiger partial charge in [0.1, 0.15) is 54.7 Å². The predicted molar refractivity (Wildman–Crippen MR) is 173 cm³/mol. The summed E-state index contributed by atoms with van der Waals surface area (Å²) < 4.78 is 41.0. The van der Waals surface area contributed by atoms with Crippen LogP contribution in [0.1, 0.15) is 59.5 Å². The molecule has 5 aliphatic heterocycles. The first-order chi connectivity index (χ1) is 25.1. The molecule has 3 aromatic rings. The Hall–Kier alpha value is -4.84.